The summed E-state index contributed by atoms with van der Waals surface area (Å²) < 4.78 is 10.5. The van der Waals surface area contributed by atoms with Crippen molar-refractivity contribution in [1.82, 2.24) is 0 Å². The summed E-state index contributed by atoms with van der Waals surface area (Å²) in [4.78, 5) is 24.8. The Kier molecular flexibility index (Phi) is 3.66. The van der Waals surface area contributed by atoms with E-state index in [0.29, 0.717) is 0 Å². The number of rotatable bonds is 3. The Balaban J connectivity index is 1.99. The third-order valence-electron chi connectivity index (χ3n) is 4.03. The number of hydrogen-bond donors (Lipinski definition) is 1. The average Bonchev–Trinajstić information content (AvgIpc) is 3.22. The molecule has 0 saturated carbocycles. The molecule has 5 nitrogen and oxygen atoms in total. The van der Waals surface area contributed by atoms with Crippen molar-refractivity contribution in [1.29, 1.82) is 0 Å². The van der Waals surface area contributed by atoms with Crippen molar-refractivity contribution in [3.05, 3.63) is 65.1 Å². The highest BCUT2D eigenvalue weighted by Gasteiger charge is 2.67. The molecular formula is C18H16O5. The van der Waals surface area contributed by atoms with E-state index < -0.39 is 23.3 Å². The second-order valence-corrected chi connectivity index (χ2v) is 5.41. The largest absolute Gasteiger partial charge is 0.507 e. The maximum atomic E-state index is 12.6. The minimum absolute atomic E-state index is 0.184. The van der Waals surface area contributed by atoms with Crippen LogP contribution in [0.1, 0.15) is 12.5 Å². The highest BCUT2D eigenvalue weighted by atomic mass is 16.6. The van der Waals surface area contributed by atoms with E-state index in [9.17, 15) is 14.7 Å². The SMILES string of the molecule is COC1=CC(=O)/C(=C(O)/C=C/c2ccccc2)C(=O)[C@]12O[C@H]2C. The van der Waals surface area contributed by atoms with Gasteiger partial charge in [-0.15, -0.1) is 0 Å². The van der Waals surface area contributed by atoms with E-state index in [4.69, 9.17) is 9.47 Å². The van der Waals surface area contributed by atoms with Crippen molar-refractivity contribution in [3.8, 4) is 0 Å². The molecule has 5 heteroatoms. The van der Waals surface area contributed by atoms with Gasteiger partial charge in [0.2, 0.25) is 11.4 Å². The van der Waals surface area contributed by atoms with Crippen molar-refractivity contribution in [3.63, 3.8) is 0 Å². The molecule has 1 aliphatic carbocycles. The van der Waals surface area contributed by atoms with Gasteiger partial charge in [0.05, 0.1) is 7.11 Å². The van der Waals surface area contributed by atoms with E-state index in [0.717, 1.165) is 5.56 Å². The van der Waals surface area contributed by atoms with Gasteiger partial charge in [0.1, 0.15) is 23.2 Å². The molecule has 0 unspecified atom stereocenters. The van der Waals surface area contributed by atoms with Crippen LogP contribution >= 0.6 is 0 Å². The van der Waals surface area contributed by atoms with E-state index in [2.05, 4.69) is 0 Å². The summed E-state index contributed by atoms with van der Waals surface area (Å²) in [6.45, 7) is 1.72. The fourth-order valence-corrected chi connectivity index (χ4v) is 2.73. The van der Waals surface area contributed by atoms with Crippen LogP contribution in [0.15, 0.2) is 59.6 Å². The Morgan fingerprint density at radius 1 is 1.30 bits per heavy atom. The molecule has 1 N–H and O–H groups in total. The summed E-state index contributed by atoms with van der Waals surface area (Å²) in [6.07, 6.45) is 3.78. The normalized spacial score (nSPS) is 29.0. The van der Waals surface area contributed by atoms with Crippen LogP contribution in [0, 0.1) is 0 Å². The third kappa shape index (κ3) is 2.39. The minimum atomic E-state index is -1.27. The Hall–Kier alpha value is -2.66. The molecule has 0 bridgehead atoms. The first kappa shape index (κ1) is 15.2. The van der Waals surface area contributed by atoms with E-state index in [1.807, 2.05) is 30.3 Å². The van der Waals surface area contributed by atoms with E-state index >= 15 is 0 Å². The maximum Gasteiger partial charge on any atom is 0.214 e. The molecule has 2 atom stereocenters. The summed E-state index contributed by atoms with van der Waals surface area (Å²) in [5.74, 6) is -1.35. The fourth-order valence-electron chi connectivity index (χ4n) is 2.73. The van der Waals surface area contributed by atoms with Crippen molar-refractivity contribution >= 4 is 17.6 Å². The van der Waals surface area contributed by atoms with Gasteiger partial charge in [0.25, 0.3) is 0 Å². The molecule has 23 heavy (non-hydrogen) atoms. The van der Waals surface area contributed by atoms with E-state index in [1.54, 1.807) is 13.0 Å². The predicted octanol–water partition coefficient (Wildman–Crippen LogP) is 2.35. The summed E-state index contributed by atoms with van der Waals surface area (Å²) in [5.41, 5.74) is -0.705. The first-order chi connectivity index (χ1) is 11.0. The lowest BCUT2D eigenvalue weighted by atomic mass is 9.84. The number of carbonyl (C=O) groups excluding carboxylic acids is 2. The summed E-state index contributed by atoms with van der Waals surface area (Å²) >= 11 is 0. The molecule has 2 aliphatic rings. The van der Waals surface area contributed by atoms with Crippen LogP contribution in [-0.2, 0) is 19.1 Å². The number of allylic oxidation sites excluding steroid dienone is 2. The molecule has 1 heterocycles. The second-order valence-electron chi connectivity index (χ2n) is 5.41. The lowest BCUT2D eigenvalue weighted by Crippen LogP contribution is -2.38. The number of aliphatic hydroxyl groups excluding tert-OH is 1. The number of carbonyl (C=O) groups is 2. The van der Waals surface area contributed by atoms with Crippen LogP contribution in [0.25, 0.3) is 6.08 Å². The number of ketones is 2. The summed E-state index contributed by atoms with van der Waals surface area (Å²) in [5, 5.41) is 10.2. The van der Waals surface area contributed by atoms with Gasteiger partial charge in [-0.05, 0) is 18.6 Å². The smallest absolute Gasteiger partial charge is 0.214 e. The monoisotopic (exact) mass is 312 g/mol. The van der Waals surface area contributed by atoms with Gasteiger partial charge in [0, 0.05) is 6.08 Å². The zero-order valence-electron chi connectivity index (χ0n) is 12.8. The predicted molar refractivity (Wildman–Crippen MR) is 83.5 cm³/mol. The number of methoxy groups -OCH3 is 1. The van der Waals surface area contributed by atoms with Crippen LogP contribution < -0.4 is 0 Å². The van der Waals surface area contributed by atoms with Crippen molar-refractivity contribution in [2.24, 2.45) is 0 Å². The zero-order valence-corrected chi connectivity index (χ0v) is 12.8. The van der Waals surface area contributed by atoms with Gasteiger partial charge in [-0.25, -0.2) is 0 Å². The number of ether oxygens (including phenoxy) is 2. The average molecular weight is 312 g/mol. The molecule has 0 aromatic heterocycles. The quantitative estimate of drug-likeness (QED) is 0.401. The van der Waals surface area contributed by atoms with Gasteiger partial charge >= 0.3 is 0 Å². The third-order valence-corrected chi connectivity index (χ3v) is 4.03. The maximum absolute atomic E-state index is 12.6. The molecule has 1 spiro atoms. The molecule has 1 fully saturated rings. The number of benzene rings is 1. The van der Waals surface area contributed by atoms with E-state index in [1.165, 1.54) is 19.3 Å². The van der Waals surface area contributed by atoms with Crippen LogP contribution in [0.4, 0.5) is 0 Å². The molecule has 118 valence electrons. The Bertz CT molecular complexity index is 757. The standard InChI is InChI=1S/C18H16O5/c1-11-18(23-11)15(22-2)10-14(20)16(17(18)21)13(19)9-8-12-6-4-3-5-7-12/h3-11,19H,1-2H3/b9-8+,16-13+/t11-,18+/m0/s1. The molecule has 1 saturated heterocycles. The molecule has 0 amide bonds. The van der Waals surface area contributed by atoms with Gasteiger partial charge < -0.3 is 14.6 Å². The number of Topliss-reactive ketones (excluding diaryl/α,β-unsaturated/α-hetero) is 1. The molecule has 0 radical (unpaired) electrons. The van der Waals surface area contributed by atoms with Crippen molar-refractivity contribution < 1.29 is 24.2 Å². The Morgan fingerprint density at radius 3 is 2.52 bits per heavy atom. The molecular weight excluding hydrogens is 296 g/mol. The van der Waals surface area contributed by atoms with Crippen LogP contribution in [0.3, 0.4) is 0 Å². The molecule has 1 aromatic carbocycles. The van der Waals surface area contributed by atoms with Crippen molar-refractivity contribution in [2.45, 2.75) is 18.6 Å². The molecule has 1 aromatic rings. The zero-order chi connectivity index (χ0) is 16.6. The highest BCUT2D eigenvalue weighted by molar-refractivity contribution is 6.31. The van der Waals surface area contributed by atoms with Crippen LogP contribution in [0.2, 0.25) is 0 Å². The van der Waals surface area contributed by atoms with Gasteiger partial charge in [0.15, 0.2) is 5.78 Å². The lowest BCUT2D eigenvalue weighted by molar-refractivity contribution is -0.124. The number of aliphatic hydroxyl groups is 1. The fraction of sp³-hybridized carbons (Fsp3) is 0.222. The highest BCUT2D eigenvalue weighted by Crippen LogP contribution is 2.48. The van der Waals surface area contributed by atoms with Crippen LogP contribution in [0.5, 0.6) is 0 Å². The van der Waals surface area contributed by atoms with Gasteiger partial charge in [-0.1, -0.05) is 36.4 Å². The lowest BCUT2D eigenvalue weighted by Gasteiger charge is -2.20. The number of epoxide rings is 1. The van der Waals surface area contributed by atoms with E-state index in [-0.39, 0.29) is 17.1 Å². The number of hydrogen-bond acceptors (Lipinski definition) is 5. The first-order valence-electron chi connectivity index (χ1n) is 7.20. The Labute approximate surface area is 133 Å². The Morgan fingerprint density at radius 2 is 1.96 bits per heavy atom. The first-order valence-corrected chi connectivity index (χ1v) is 7.20. The topological polar surface area (TPSA) is 76.1 Å². The van der Waals surface area contributed by atoms with Crippen molar-refractivity contribution in [2.75, 3.05) is 7.11 Å². The van der Waals surface area contributed by atoms with Gasteiger partial charge in [-0.3, -0.25) is 9.59 Å². The molecule has 1 aliphatic heterocycles. The summed E-state index contributed by atoms with van der Waals surface area (Å²) in [7, 11) is 1.38. The second kappa shape index (κ2) is 5.52. The van der Waals surface area contributed by atoms with Crippen LogP contribution in [-0.4, -0.2) is 35.5 Å². The molecule has 3 rings (SSSR count). The summed E-state index contributed by atoms with van der Waals surface area (Å²) in [6, 6.07) is 9.26. The van der Waals surface area contributed by atoms with Gasteiger partial charge in [-0.2, -0.15) is 0 Å². The minimum Gasteiger partial charge on any atom is -0.507 e.